The summed E-state index contributed by atoms with van der Waals surface area (Å²) < 4.78 is 5.60. The molecule has 1 heterocycles. The van der Waals surface area contributed by atoms with Gasteiger partial charge in [-0.05, 0) is 12.8 Å². The van der Waals surface area contributed by atoms with Crippen molar-refractivity contribution in [2.75, 3.05) is 14.1 Å². The van der Waals surface area contributed by atoms with Crippen molar-refractivity contribution in [2.24, 2.45) is 0 Å². The Bertz CT molecular complexity index is 453. The summed E-state index contributed by atoms with van der Waals surface area (Å²) in [6, 6.07) is 0. The van der Waals surface area contributed by atoms with Crippen molar-refractivity contribution in [3.05, 3.63) is 23.5 Å². The van der Waals surface area contributed by atoms with Crippen LogP contribution in [0.15, 0.2) is 12.4 Å². The molecule has 0 radical (unpaired) electrons. The van der Waals surface area contributed by atoms with Crippen LogP contribution in [-0.4, -0.2) is 42.3 Å². The fraction of sp³-hybridized carbons (Fsp3) is 0.417. The predicted molar refractivity (Wildman–Crippen MR) is 61.3 cm³/mol. The third-order valence-electron chi connectivity index (χ3n) is 2.51. The Morgan fingerprint density at radius 3 is 2.71 bits per heavy atom. The van der Waals surface area contributed by atoms with E-state index in [2.05, 4.69) is 4.98 Å². The Kier molecular flexibility index (Phi) is 3.08. The Hall–Kier alpha value is -1.91. The molecular formula is C12H14N2O3. The number of aldehydes is 1. The van der Waals surface area contributed by atoms with Crippen LogP contribution in [0.4, 0.5) is 0 Å². The number of pyridine rings is 1. The predicted octanol–water partition coefficient (Wildman–Crippen LogP) is 1.14. The van der Waals surface area contributed by atoms with Crippen molar-refractivity contribution < 1.29 is 14.3 Å². The van der Waals surface area contributed by atoms with E-state index in [1.807, 2.05) is 0 Å². The van der Waals surface area contributed by atoms with Gasteiger partial charge in [0.15, 0.2) is 12.0 Å². The van der Waals surface area contributed by atoms with E-state index in [1.54, 1.807) is 14.1 Å². The van der Waals surface area contributed by atoms with Crippen LogP contribution in [0, 0.1) is 0 Å². The molecule has 0 spiro atoms. The van der Waals surface area contributed by atoms with Gasteiger partial charge in [-0.2, -0.15) is 0 Å². The van der Waals surface area contributed by atoms with Crippen molar-refractivity contribution in [3.8, 4) is 5.75 Å². The maximum absolute atomic E-state index is 12.0. The van der Waals surface area contributed by atoms with Gasteiger partial charge in [-0.1, -0.05) is 0 Å². The van der Waals surface area contributed by atoms with Crippen LogP contribution in [0.5, 0.6) is 5.75 Å². The van der Waals surface area contributed by atoms with Crippen molar-refractivity contribution in [1.82, 2.24) is 9.88 Å². The quantitative estimate of drug-likeness (QED) is 0.733. The molecule has 1 aliphatic rings. The fourth-order valence-electron chi connectivity index (χ4n) is 1.45. The minimum atomic E-state index is -0.245. The number of rotatable bonds is 4. The molecule has 5 nitrogen and oxygen atoms in total. The fourth-order valence-corrected chi connectivity index (χ4v) is 1.45. The normalized spacial score (nSPS) is 14.2. The van der Waals surface area contributed by atoms with Crippen LogP contribution >= 0.6 is 0 Å². The third kappa shape index (κ3) is 2.43. The molecule has 1 aromatic heterocycles. The molecule has 0 bridgehead atoms. The number of aromatic nitrogens is 1. The van der Waals surface area contributed by atoms with Gasteiger partial charge >= 0.3 is 0 Å². The van der Waals surface area contributed by atoms with Gasteiger partial charge in [0, 0.05) is 25.9 Å². The summed E-state index contributed by atoms with van der Waals surface area (Å²) in [5.74, 6) is 0.154. The van der Waals surface area contributed by atoms with Gasteiger partial charge < -0.3 is 9.64 Å². The van der Waals surface area contributed by atoms with Crippen LogP contribution in [0.1, 0.15) is 33.6 Å². The molecule has 5 heteroatoms. The van der Waals surface area contributed by atoms with Gasteiger partial charge in [0.2, 0.25) is 0 Å². The number of carbonyl (C=O) groups excluding carboxylic acids is 2. The molecule has 2 rings (SSSR count). The summed E-state index contributed by atoms with van der Waals surface area (Å²) >= 11 is 0. The first-order chi connectivity index (χ1) is 8.13. The minimum absolute atomic E-state index is 0.160. The molecule has 0 aromatic carbocycles. The smallest absolute Gasteiger partial charge is 0.257 e. The molecule has 0 atom stereocenters. The average molecular weight is 234 g/mol. The van der Waals surface area contributed by atoms with Crippen molar-refractivity contribution >= 4 is 12.2 Å². The van der Waals surface area contributed by atoms with Crippen LogP contribution in [0.2, 0.25) is 0 Å². The first-order valence-corrected chi connectivity index (χ1v) is 5.45. The first kappa shape index (κ1) is 11.6. The minimum Gasteiger partial charge on any atom is -0.488 e. The summed E-state index contributed by atoms with van der Waals surface area (Å²) in [5, 5.41) is 0. The average Bonchev–Trinajstić information content (AvgIpc) is 3.11. The van der Waals surface area contributed by atoms with Crippen LogP contribution < -0.4 is 4.74 Å². The van der Waals surface area contributed by atoms with E-state index in [0.29, 0.717) is 17.6 Å². The molecule has 0 aliphatic heterocycles. The largest absolute Gasteiger partial charge is 0.488 e. The number of ether oxygens (including phenoxy) is 1. The third-order valence-corrected chi connectivity index (χ3v) is 2.51. The Balaban J connectivity index is 2.42. The summed E-state index contributed by atoms with van der Waals surface area (Å²) in [6.07, 6.45) is 5.63. The lowest BCUT2D eigenvalue weighted by Gasteiger charge is -2.15. The summed E-state index contributed by atoms with van der Waals surface area (Å²) in [6.45, 7) is 0. The SMILES string of the molecule is CN(C)C(=O)c1c(C=O)cncc1OC1CC1. The molecule has 17 heavy (non-hydrogen) atoms. The Morgan fingerprint density at radius 1 is 1.47 bits per heavy atom. The highest BCUT2D eigenvalue weighted by Crippen LogP contribution is 2.30. The standard InChI is InChI=1S/C12H14N2O3/c1-14(2)12(16)11-8(7-15)5-13-6-10(11)17-9-3-4-9/h5-7,9H,3-4H2,1-2H3. The zero-order valence-electron chi connectivity index (χ0n) is 9.84. The summed E-state index contributed by atoms with van der Waals surface area (Å²) in [5.41, 5.74) is 0.564. The van der Waals surface area contributed by atoms with E-state index in [-0.39, 0.29) is 17.6 Å². The summed E-state index contributed by atoms with van der Waals surface area (Å²) in [7, 11) is 3.27. The molecule has 0 N–H and O–H groups in total. The van der Waals surface area contributed by atoms with E-state index in [0.717, 1.165) is 12.8 Å². The summed E-state index contributed by atoms with van der Waals surface area (Å²) in [4.78, 5) is 28.3. The van der Waals surface area contributed by atoms with Gasteiger partial charge in [0.05, 0.1) is 17.9 Å². The van der Waals surface area contributed by atoms with Crippen LogP contribution in [0.3, 0.4) is 0 Å². The zero-order valence-corrected chi connectivity index (χ0v) is 9.84. The Labute approximate surface area is 99.4 Å². The topological polar surface area (TPSA) is 59.5 Å². The first-order valence-electron chi connectivity index (χ1n) is 5.45. The lowest BCUT2D eigenvalue weighted by molar-refractivity contribution is 0.0819. The van der Waals surface area contributed by atoms with Crippen molar-refractivity contribution in [2.45, 2.75) is 18.9 Å². The van der Waals surface area contributed by atoms with Gasteiger partial charge in [0.25, 0.3) is 5.91 Å². The molecule has 0 unspecified atom stereocenters. The monoisotopic (exact) mass is 234 g/mol. The zero-order chi connectivity index (χ0) is 12.4. The molecule has 90 valence electrons. The molecule has 1 saturated carbocycles. The van der Waals surface area contributed by atoms with Crippen molar-refractivity contribution in [1.29, 1.82) is 0 Å². The molecule has 1 aliphatic carbocycles. The second-order valence-electron chi connectivity index (χ2n) is 4.24. The maximum Gasteiger partial charge on any atom is 0.257 e. The highest BCUT2D eigenvalue weighted by Gasteiger charge is 2.27. The van der Waals surface area contributed by atoms with E-state index in [9.17, 15) is 9.59 Å². The highest BCUT2D eigenvalue weighted by atomic mass is 16.5. The molecule has 1 aromatic rings. The number of nitrogens with zero attached hydrogens (tertiary/aromatic N) is 2. The van der Waals surface area contributed by atoms with Gasteiger partial charge in [-0.15, -0.1) is 0 Å². The Morgan fingerprint density at radius 2 is 2.18 bits per heavy atom. The van der Waals surface area contributed by atoms with E-state index >= 15 is 0 Å². The number of hydrogen-bond donors (Lipinski definition) is 0. The number of amides is 1. The second-order valence-corrected chi connectivity index (χ2v) is 4.24. The van der Waals surface area contributed by atoms with Gasteiger partial charge in [-0.25, -0.2) is 0 Å². The second kappa shape index (κ2) is 4.53. The van der Waals surface area contributed by atoms with Crippen molar-refractivity contribution in [3.63, 3.8) is 0 Å². The molecule has 0 saturated heterocycles. The van der Waals surface area contributed by atoms with Gasteiger partial charge in [-0.3, -0.25) is 14.6 Å². The number of hydrogen-bond acceptors (Lipinski definition) is 4. The lowest BCUT2D eigenvalue weighted by Crippen LogP contribution is -2.24. The van der Waals surface area contributed by atoms with E-state index in [4.69, 9.17) is 4.74 Å². The lowest BCUT2D eigenvalue weighted by atomic mass is 10.1. The maximum atomic E-state index is 12.0. The van der Waals surface area contributed by atoms with E-state index < -0.39 is 0 Å². The number of carbonyl (C=O) groups is 2. The molecular weight excluding hydrogens is 220 g/mol. The van der Waals surface area contributed by atoms with Crippen LogP contribution in [0.25, 0.3) is 0 Å². The highest BCUT2D eigenvalue weighted by molar-refractivity contribution is 6.03. The molecule has 1 amide bonds. The molecule has 1 fully saturated rings. The van der Waals surface area contributed by atoms with E-state index in [1.165, 1.54) is 17.3 Å². The van der Waals surface area contributed by atoms with Crippen LogP contribution in [-0.2, 0) is 0 Å². The van der Waals surface area contributed by atoms with Gasteiger partial charge in [0.1, 0.15) is 0 Å².